The summed E-state index contributed by atoms with van der Waals surface area (Å²) < 4.78 is 1.17. The third kappa shape index (κ3) is 3.55. The fourth-order valence-corrected chi connectivity index (χ4v) is 3.59. The fraction of sp³-hybridized carbons (Fsp3) is 0.231. The van der Waals surface area contributed by atoms with Gasteiger partial charge >= 0.3 is 0 Å². The first-order valence-corrected chi connectivity index (χ1v) is 7.42. The normalized spacial score (nSPS) is 12.6. The molecule has 1 heterocycles. The van der Waals surface area contributed by atoms with Crippen molar-refractivity contribution in [3.05, 3.63) is 55.6 Å². The summed E-state index contributed by atoms with van der Waals surface area (Å²) in [7, 11) is 0. The van der Waals surface area contributed by atoms with Crippen LogP contribution >= 0.6 is 38.9 Å². The summed E-state index contributed by atoms with van der Waals surface area (Å²) in [5.74, 6) is 0. The molecule has 1 aromatic carbocycles. The maximum atomic E-state index is 5.95. The minimum Gasteiger partial charge on any atom is -0.305 e. The lowest BCUT2D eigenvalue weighted by molar-refractivity contribution is 0.581. The third-order valence-corrected chi connectivity index (χ3v) is 4.83. The highest BCUT2D eigenvalue weighted by atomic mass is 79.9. The second-order valence-electron chi connectivity index (χ2n) is 3.87. The van der Waals surface area contributed by atoms with Gasteiger partial charge in [-0.05, 0) is 52.0 Å². The van der Waals surface area contributed by atoms with Crippen molar-refractivity contribution in [2.24, 2.45) is 0 Å². The van der Waals surface area contributed by atoms with Crippen molar-refractivity contribution in [2.45, 2.75) is 19.5 Å². The monoisotopic (exact) mass is 329 g/mol. The number of thiophene rings is 1. The van der Waals surface area contributed by atoms with Crippen molar-refractivity contribution in [3.8, 4) is 0 Å². The lowest BCUT2D eigenvalue weighted by Gasteiger charge is -2.13. The van der Waals surface area contributed by atoms with Crippen molar-refractivity contribution in [1.29, 1.82) is 0 Å². The van der Waals surface area contributed by atoms with E-state index in [-0.39, 0.29) is 0 Å². The summed E-state index contributed by atoms with van der Waals surface area (Å²) in [5, 5.41) is 6.37. The maximum absolute atomic E-state index is 5.95. The summed E-state index contributed by atoms with van der Waals surface area (Å²) in [5.41, 5.74) is 1.21. The molecule has 0 spiro atoms. The van der Waals surface area contributed by atoms with Crippen molar-refractivity contribution >= 4 is 38.9 Å². The van der Waals surface area contributed by atoms with Crippen LogP contribution in [0.15, 0.2) is 40.2 Å². The maximum Gasteiger partial charge on any atom is 0.0409 e. The highest BCUT2D eigenvalue weighted by Gasteiger charge is 2.09. The van der Waals surface area contributed by atoms with Crippen LogP contribution in [0.1, 0.15) is 23.4 Å². The molecule has 1 unspecified atom stereocenters. The summed E-state index contributed by atoms with van der Waals surface area (Å²) in [6, 6.07) is 10.4. The van der Waals surface area contributed by atoms with Gasteiger partial charge < -0.3 is 5.32 Å². The van der Waals surface area contributed by atoms with E-state index in [2.05, 4.69) is 45.7 Å². The van der Waals surface area contributed by atoms with E-state index in [1.807, 2.05) is 18.2 Å². The molecule has 0 saturated carbocycles. The predicted molar refractivity (Wildman–Crippen MR) is 78.7 cm³/mol. The molecule has 0 aliphatic carbocycles. The Morgan fingerprint density at radius 2 is 2.24 bits per heavy atom. The average Bonchev–Trinajstić information content (AvgIpc) is 2.72. The molecular weight excluding hydrogens is 318 g/mol. The van der Waals surface area contributed by atoms with Crippen LogP contribution in [-0.2, 0) is 6.54 Å². The van der Waals surface area contributed by atoms with Gasteiger partial charge in [0.1, 0.15) is 0 Å². The Kier molecular flexibility index (Phi) is 4.62. The van der Waals surface area contributed by atoms with Gasteiger partial charge in [0.05, 0.1) is 0 Å². The zero-order valence-corrected chi connectivity index (χ0v) is 12.6. The molecule has 0 aliphatic rings. The molecule has 1 aromatic heterocycles. The second kappa shape index (κ2) is 6.01. The van der Waals surface area contributed by atoms with Crippen LogP contribution in [0.25, 0.3) is 0 Å². The number of rotatable bonds is 4. The first-order chi connectivity index (χ1) is 8.16. The molecule has 0 aliphatic heterocycles. The first-order valence-electron chi connectivity index (χ1n) is 5.37. The molecular formula is C13H13BrClNS. The summed E-state index contributed by atoms with van der Waals surface area (Å²) >= 11 is 11.3. The smallest absolute Gasteiger partial charge is 0.0409 e. The van der Waals surface area contributed by atoms with Crippen molar-refractivity contribution in [2.75, 3.05) is 0 Å². The molecule has 0 radical (unpaired) electrons. The molecule has 2 aromatic rings. The van der Waals surface area contributed by atoms with Gasteiger partial charge in [-0.25, -0.2) is 0 Å². The summed E-state index contributed by atoms with van der Waals surface area (Å²) in [4.78, 5) is 1.33. The van der Waals surface area contributed by atoms with Crippen molar-refractivity contribution in [1.82, 2.24) is 5.32 Å². The van der Waals surface area contributed by atoms with Crippen LogP contribution in [0, 0.1) is 0 Å². The fourth-order valence-electron chi connectivity index (χ4n) is 1.62. The molecule has 4 heteroatoms. The molecule has 0 amide bonds. The van der Waals surface area contributed by atoms with Gasteiger partial charge in [0, 0.05) is 27.0 Å². The molecule has 1 N–H and O–H groups in total. The predicted octanol–water partition coefficient (Wildman–Crippen LogP) is 5.01. The molecule has 0 fully saturated rings. The van der Waals surface area contributed by atoms with Gasteiger partial charge in [-0.1, -0.05) is 23.7 Å². The van der Waals surface area contributed by atoms with E-state index in [1.165, 1.54) is 14.9 Å². The van der Waals surface area contributed by atoms with Crippen LogP contribution in [0.5, 0.6) is 0 Å². The van der Waals surface area contributed by atoms with Crippen molar-refractivity contribution < 1.29 is 0 Å². The van der Waals surface area contributed by atoms with Gasteiger partial charge in [-0.15, -0.1) is 11.3 Å². The van der Waals surface area contributed by atoms with E-state index >= 15 is 0 Å². The minimum atomic E-state index is 0.336. The summed E-state index contributed by atoms with van der Waals surface area (Å²) in [6.45, 7) is 2.99. The molecule has 1 nitrogen and oxygen atoms in total. The topological polar surface area (TPSA) is 12.0 Å². The molecule has 17 heavy (non-hydrogen) atoms. The van der Waals surface area contributed by atoms with Gasteiger partial charge in [-0.2, -0.15) is 0 Å². The van der Waals surface area contributed by atoms with Crippen LogP contribution in [0.4, 0.5) is 0 Å². The minimum absolute atomic E-state index is 0.336. The zero-order chi connectivity index (χ0) is 12.3. The molecule has 0 bridgehead atoms. The molecule has 1 atom stereocenters. The molecule has 2 rings (SSSR count). The van der Waals surface area contributed by atoms with E-state index < -0.39 is 0 Å². The lowest BCUT2D eigenvalue weighted by atomic mass is 10.2. The number of nitrogens with one attached hydrogen (secondary N) is 1. The van der Waals surface area contributed by atoms with E-state index in [1.54, 1.807) is 11.3 Å². The van der Waals surface area contributed by atoms with Crippen LogP contribution in [-0.4, -0.2) is 0 Å². The molecule has 90 valence electrons. The second-order valence-corrected chi connectivity index (χ2v) is 6.10. The Labute approximate surface area is 119 Å². The Morgan fingerprint density at radius 3 is 2.88 bits per heavy atom. The summed E-state index contributed by atoms with van der Waals surface area (Å²) in [6.07, 6.45) is 0. The highest BCUT2D eigenvalue weighted by molar-refractivity contribution is 9.10. The Morgan fingerprint density at radius 1 is 1.41 bits per heavy atom. The molecule has 0 saturated heterocycles. The van der Waals surface area contributed by atoms with Gasteiger partial charge in [0.25, 0.3) is 0 Å². The lowest BCUT2D eigenvalue weighted by Crippen LogP contribution is -2.17. The number of hydrogen-bond acceptors (Lipinski definition) is 2. The highest BCUT2D eigenvalue weighted by Crippen LogP contribution is 2.28. The largest absolute Gasteiger partial charge is 0.305 e. The number of hydrogen-bond donors (Lipinski definition) is 1. The van der Waals surface area contributed by atoms with Gasteiger partial charge in [0.15, 0.2) is 0 Å². The van der Waals surface area contributed by atoms with Gasteiger partial charge in [-0.3, -0.25) is 0 Å². The quantitative estimate of drug-likeness (QED) is 0.830. The number of halogens is 2. The van der Waals surface area contributed by atoms with E-state index in [9.17, 15) is 0 Å². The Balaban J connectivity index is 1.97. The zero-order valence-electron chi connectivity index (χ0n) is 9.41. The SMILES string of the molecule is CC(NCc1cccc(Cl)c1)c1sccc1Br. The third-order valence-electron chi connectivity index (χ3n) is 2.54. The average molecular weight is 331 g/mol. The van der Waals surface area contributed by atoms with Crippen LogP contribution in [0.3, 0.4) is 0 Å². The first kappa shape index (κ1) is 13.1. The standard InChI is InChI=1S/C13H13BrClNS/c1-9(13-12(14)5-6-17-13)16-8-10-3-2-4-11(15)7-10/h2-7,9,16H,8H2,1H3. The van der Waals surface area contributed by atoms with E-state index in [0.717, 1.165) is 11.6 Å². The van der Waals surface area contributed by atoms with E-state index in [0.29, 0.717) is 6.04 Å². The van der Waals surface area contributed by atoms with Crippen LogP contribution in [0.2, 0.25) is 5.02 Å². The Bertz CT molecular complexity index is 498. The number of benzene rings is 1. The van der Waals surface area contributed by atoms with Crippen molar-refractivity contribution in [3.63, 3.8) is 0 Å². The van der Waals surface area contributed by atoms with E-state index in [4.69, 9.17) is 11.6 Å². The van der Waals surface area contributed by atoms with Gasteiger partial charge in [0.2, 0.25) is 0 Å². The Hall–Kier alpha value is -0.350. The van der Waals surface area contributed by atoms with Crippen LogP contribution < -0.4 is 5.32 Å².